The molecule has 1 N–H and O–H groups in total. The molecule has 3 rings (SSSR count). The van der Waals surface area contributed by atoms with Crippen LogP contribution in [-0.4, -0.2) is 18.1 Å². The van der Waals surface area contributed by atoms with Crippen LogP contribution in [0.15, 0.2) is 68.6 Å². The number of carbonyl (C=O) groups excluding carboxylic acids is 2. The highest BCUT2D eigenvalue weighted by atomic mass is 79.9. The van der Waals surface area contributed by atoms with Crippen LogP contribution in [0, 0.1) is 0 Å². The Balaban J connectivity index is 1.72. The van der Waals surface area contributed by atoms with Crippen LogP contribution in [0.1, 0.15) is 22.8 Å². The highest BCUT2D eigenvalue weighted by molar-refractivity contribution is 9.11. The summed E-state index contributed by atoms with van der Waals surface area (Å²) in [6, 6.07) is 16.8. The molecule has 0 atom stereocenters. The van der Waals surface area contributed by atoms with Crippen LogP contribution < -0.4 is 10.2 Å². The van der Waals surface area contributed by atoms with E-state index in [1.807, 2.05) is 36.4 Å². The summed E-state index contributed by atoms with van der Waals surface area (Å²) in [6.45, 7) is 1.33. The third kappa shape index (κ3) is 4.81. The first-order valence-electron chi connectivity index (χ1n) is 7.94. The predicted molar refractivity (Wildman–Crippen MR) is 112 cm³/mol. The average molecular weight is 490 g/mol. The summed E-state index contributed by atoms with van der Waals surface area (Å²) in [4.78, 5) is 23.4. The SMILES string of the molecule is CC(=O)Oc1c(Br)cc(/C=N\NC(=O)c2ccc3ccccc3c2)cc1Br. The molecular formula is C20H14Br2N2O3. The molecule has 27 heavy (non-hydrogen) atoms. The molecule has 0 spiro atoms. The van der Waals surface area contributed by atoms with E-state index < -0.39 is 5.97 Å². The summed E-state index contributed by atoms with van der Waals surface area (Å²) in [5.41, 5.74) is 3.75. The molecule has 3 aromatic rings. The quantitative estimate of drug-likeness (QED) is 0.241. The van der Waals surface area contributed by atoms with Crippen molar-refractivity contribution >= 4 is 60.7 Å². The highest BCUT2D eigenvalue weighted by Gasteiger charge is 2.11. The number of nitrogens with one attached hydrogen (secondary N) is 1. The lowest BCUT2D eigenvalue weighted by Crippen LogP contribution is -2.17. The molecule has 0 bridgehead atoms. The predicted octanol–water partition coefficient (Wildman–Crippen LogP) is 5.05. The number of fused-ring (bicyclic) bond motifs is 1. The fourth-order valence-corrected chi connectivity index (χ4v) is 3.84. The lowest BCUT2D eigenvalue weighted by atomic mass is 10.1. The number of benzene rings is 3. The van der Waals surface area contributed by atoms with Crippen molar-refractivity contribution in [3.8, 4) is 5.75 Å². The number of amides is 1. The molecule has 0 radical (unpaired) electrons. The van der Waals surface area contributed by atoms with Gasteiger partial charge in [0, 0.05) is 12.5 Å². The van der Waals surface area contributed by atoms with E-state index in [4.69, 9.17) is 4.74 Å². The molecule has 0 fully saturated rings. The van der Waals surface area contributed by atoms with Gasteiger partial charge in [0.25, 0.3) is 5.91 Å². The Bertz CT molecular complexity index is 1040. The summed E-state index contributed by atoms with van der Waals surface area (Å²) in [7, 11) is 0. The fraction of sp³-hybridized carbons (Fsp3) is 0.0500. The molecule has 0 aliphatic heterocycles. The van der Waals surface area contributed by atoms with E-state index in [1.54, 1.807) is 18.2 Å². The Kier molecular flexibility index (Phi) is 6.03. The molecule has 0 heterocycles. The first kappa shape index (κ1) is 19.3. The number of rotatable bonds is 4. The molecule has 0 aliphatic rings. The van der Waals surface area contributed by atoms with E-state index in [2.05, 4.69) is 42.4 Å². The van der Waals surface area contributed by atoms with Gasteiger partial charge in [-0.25, -0.2) is 5.43 Å². The number of ether oxygens (including phenoxy) is 1. The van der Waals surface area contributed by atoms with Crippen molar-refractivity contribution in [1.82, 2.24) is 5.43 Å². The van der Waals surface area contributed by atoms with Gasteiger partial charge in [0.15, 0.2) is 5.75 Å². The molecule has 5 nitrogen and oxygen atoms in total. The van der Waals surface area contributed by atoms with Gasteiger partial charge in [-0.2, -0.15) is 5.10 Å². The van der Waals surface area contributed by atoms with Crippen LogP contribution in [-0.2, 0) is 4.79 Å². The standard InChI is InChI=1S/C20H14Br2N2O3/c1-12(25)27-19-17(21)8-13(9-18(19)22)11-23-24-20(26)16-7-6-14-4-2-3-5-15(14)10-16/h2-11H,1H3,(H,24,26)/b23-11-. The average Bonchev–Trinajstić information content (AvgIpc) is 2.64. The van der Waals surface area contributed by atoms with E-state index in [9.17, 15) is 9.59 Å². The molecule has 3 aromatic carbocycles. The Morgan fingerprint density at radius 3 is 2.33 bits per heavy atom. The molecule has 136 valence electrons. The number of carbonyl (C=O) groups is 2. The lowest BCUT2D eigenvalue weighted by Gasteiger charge is -2.08. The summed E-state index contributed by atoms with van der Waals surface area (Å²) < 4.78 is 6.30. The van der Waals surface area contributed by atoms with Crippen molar-refractivity contribution in [3.63, 3.8) is 0 Å². The number of hydrogen-bond acceptors (Lipinski definition) is 4. The third-order valence-electron chi connectivity index (χ3n) is 3.66. The van der Waals surface area contributed by atoms with Crippen LogP contribution in [0.4, 0.5) is 0 Å². The Hall–Kier alpha value is -2.51. The molecule has 7 heteroatoms. The first-order valence-corrected chi connectivity index (χ1v) is 9.52. The topological polar surface area (TPSA) is 67.8 Å². The monoisotopic (exact) mass is 488 g/mol. The van der Waals surface area contributed by atoms with Gasteiger partial charge in [0.2, 0.25) is 0 Å². The molecule has 0 saturated heterocycles. The number of halogens is 2. The minimum Gasteiger partial charge on any atom is -0.424 e. The number of hydrogen-bond donors (Lipinski definition) is 1. The zero-order chi connectivity index (χ0) is 19.4. The van der Waals surface area contributed by atoms with Crippen molar-refractivity contribution < 1.29 is 14.3 Å². The van der Waals surface area contributed by atoms with Gasteiger partial charge in [0.1, 0.15) is 0 Å². The number of hydrazone groups is 1. The van der Waals surface area contributed by atoms with Crippen LogP contribution >= 0.6 is 31.9 Å². The minimum atomic E-state index is -0.416. The number of nitrogens with zero attached hydrogens (tertiary/aromatic N) is 1. The maximum Gasteiger partial charge on any atom is 0.308 e. The maximum absolute atomic E-state index is 12.3. The second-order valence-electron chi connectivity index (χ2n) is 5.67. The Morgan fingerprint density at radius 1 is 1.00 bits per heavy atom. The van der Waals surface area contributed by atoms with E-state index in [1.165, 1.54) is 13.1 Å². The van der Waals surface area contributed by atoms with Gasteiger partial charge in [-0.1, -0.05) is 30.3 Å². The molecular weight excluding hydrogens is 476 g/mol. The fourth-order valence-electron chi connectivity index (χ4n) is 2.46. The summed E-state index contributed by atoms with van der Waals surface area (Å²) in [5, 5.41) is 6.06. The van der Waals surface area contributed by atoms with Gasteiger partial charge < -0.3 is 4.74 Å². The second kappa shape index (κ2) is 8.45. The number of esters is 1. The zero-order valence-electron chi connectivity index (χ0n) is 14.2. The second-order valence-corrected chi connectivity index (χ2v) is 7.38. The third-order valence-corrected chi connectivity index (χ3v) is 4.84. The maximum atomic E-state index is 12.3. The van der Waals surface area contributed by atoms with Gasteiger partial charge in [-0.3, -0.25) is 9.59 Å². The van der Waals surface area contributed by atoms with Gasteiger partial charge >= 0.3 is 5.97 Å². The van der Waals surface area contributed by atoms with E-state index >= 15 is 0 Å². The van der Waals surface area contributed by atoms with E-state index in [-0.39, 0.29) is 5.91 Å². The lowest BCUT2D eigenvalue weighted by molar-refractivity contribution is -0.131. The molecule has 0 aromatic heterocycles. The van der Waals surface area contributed by atoms with Crippen LogP contribution in [0.25, 0.3) is 10.8 Å². The Morgan fingerprint density at radius 2 is 1.67 bits per heavy atom. The first-order chi connectivity index (χ1) is 12.9. The van der Waals surface area contributed by atoms with Crippen LogP contribution in [0.3, 0.4) is 0 Å². The molecule has 0 aliphatic carbocycles. The Labute approximate surface area is 172 Å². The minimum absolute atomic E-state index is 0.299. The normalized spacial score (nSPS) is 10.9. The van der Waals surface area contributed by atoms with Crippen LogP contribution in [0.5, 0.6) is 5.75 Å². The van der Waals surface area contributed by atoms with Crippen LogP contribution in [0.2, 0.25) is 0 Å². The smallest absolute Gasteiger partial charge is 0.308 e. The summed E-state index contributed by atoms with van der Waals surface area (Å²) in [6.07, 6.45) is 1.51. The van der Waals surface area contributed by atoms with E-state index in [0.717, 1.165) is 10.8 Å². The molecule has 1 amide bonds. The van der Waals surface area contributed by atoms with Crippen molar-refractivity contribution in [1.29, 1.82) is 0 Å². The molecule has 0 unspecified atom stereocenters. The van der Waals surface area contributed by atoms with E-state index in [0.29, 0.717) is 25.8 Å². The van der Waals surface area contributed by atoms with Crippen molar-refractivity contribution in [2.75, 3.05) is 0 Å². The van der Waals surface area contributed by atoms with Crippen molar-refractivity contribution in [3.05, 3.63) is 74.7 Å². The summed E-state index contributed by atoms with van der Waals surface area (Å²) in [5.74, 6) is -0.327. The van der Waals surface area contributed by atoms with Crippen molar-refractivity contribution in [2.24, 2.45) is 5.10 Å². The van der Waals surface area contributed by atoms with Gasteiger partial charge in [0.05, 0.1) is 15.2 Å². The largest absolute Gasteiger partial charge is 0.424 e. The highest BCUT2D eigenvalue weighted by Crippen LogP contribution is 2.34. The van der Waals surface area contributed by atoms with Gasteiger partial charge in [-0.05, 0) is 72.5 Å². The molecule has 0 saturated carbocycles. The van der Waals surface area contributed by atoms with Gasteiger partial charge in [-0.15, -0.1) is 0 Å². The zero-order valence-corrected chi connectivity index (χ0v) is 17.4. The van der Waals surface area contributed by atoms with Crippen molar-refractivity contribution in [2.45, 2.75) is 6.92 Å². The summed E-state index contributed by atoms with van der Waals surface area (Å²) >= 11 is 6.70.